The maximum atomic E-state index is 12.8. The number of amides is 2. The van der Waals surface area contributed by atoms with Gasteiger partial charge in [-0.1, -0.05) is 29.8 Å². The Morgan fingerprint density at radius 2 is 2.03 bits per heavy atom. The summed E-state index contributed by atoms with van der Waals surface area (Å²) in [6.45, 7) is 3.08. The minimum absolute atomic E-state index is 0. The van der Waals surface area contributed by atoms with Gasteiger partial charge in [-0.3, -0.25) is 14.9 Å². The van der Waals surface area contributed by atoms with E-state index in [2.05, 4.69) is 5.32 Å². The number of methoxy groups -OCH3 is 1. The Labute approximate surface area is 187 Å². The van der Waals surface area contributed by atoms with Crippen LogP contribution in [-0.4, -0.2) is 42.7 Å². The van der Waals surface area contributed by atoms with Crippen molar-refractivity contribution in [2.45, 2.75) is 38.1 Å². The molecule has 2 aliphatic rings. The zero-order valence-corrected chi connectivity index (χ0v) is 18.3. The number of fused-ring (bicyclic) bond motifs is 3. The highest BCUT2D eigenvalue weighted by molar-refractivity contribution is 6.31. The van der Waals surface area contributed by atoms with E-state index in [1.54, 1.807) is 26.2 Å². The third-order valence-corrected chi connectivity index (χ3v) is 6.48. The van der Waals surface area contributed by atoms with Gasteiger partial charge >= 0.3 is 5.97 Å². The number of hydrogen-bond acceptors (Lipinski definition) is 5. The Hall–Kier alpha value is -2.64. The number of nitrogens with zero attached hydrogens (tertiary/aromatic N) is 1. The van der Waals surface area contributed by atoms with Crippen LogP contribution in [0.25, 0.3) is 0 Å². The SMILES string of the molecule is CCOC(=O)c1cc2c(n1CCCOC)CC(c1ccccc1Cl)C1C(=O)NC(=O)C21.[HH]. The number of carbonyl (C=O) groups is 3. The van der Waals surface area contributed by atoms with Crippen molar-refractivity contribution in [2.24, 2.45) is 5.92 Å². The summed E-state index contributed by atoms with van der Waals surface area (Å²) < 4.78 is 12.4. The summed E-state index contributed by atoms with van der Waals surface area (Å²) in [4.78, 5) is 38.3. The Bertz CT molecular complexity index is 1040. The predicted octanol–water partition coefficient (Wildman–Crippen LogP) is 3.30. The first-order valence-corrected chi connectivity index (χ1v) is 10.8. The number of rotatable bonds is 7. The van der Waals surface area contributed by atoms with Crippen molar-refractivity contribution in [3.63, 3.8) is 0 Å². The van der Waals surface area contributed by atoms with Crippen LogP contribution in [-0.2, 0) is 32.0 Å². The van der Waals surface area contributed by atoms with E-state index in [9.17, 15) is 14.4 Å². The standard InChI is InChI=1S/C23H25ClN2O5.H2/c1-3-31-23(29)18-12-15-17(26(18)9-6-10-30-2)11-14(13-7-4-5-8-16(13)24)19-20(15)22(28)25-21(19)27;/h4-5,7-8,12,14,19-20H,3,6,9-11H2,1-2H3,(H,25,27,28);1H. The molecule has 1 aromatic heterocycles. The van der Waals surface area contributed by atoms with E-state index in [-0.39, 0.29) is 25.8 Å². The number of hydrogen-bond donors (Lipinski definition) is 1. The molecular weight excluding hydrogens is 420 g/mol. The fourth-order valence-electron chi connectivity index (χ4n) is 4.86. The fourth-order valence-corrected chi connectivity index (χ4v) is 5.14. The average Bonchev–Trinajstić information content (AvgIpc) is 3.25. The molecule has 1 aromatic carbocycles. The van der Waals surface area contributed by atoms with Crippen LogP contribution >= 0.6 is 11.6 Å². The molecule has 1 aliphatic heterocycles. The van der Waals surface area contributed by atoms with Crippen LogP contribution in [0.4, 0.5) is 0 Å². The molecule has 2 amide bonds. The molecule has 1 saturated heterocycles. The van der Waals surface area contributed by atoms with Gasteiger partial charge in [0.15, 0.2) is 0 Å². The van der Waals surface area contributed by atoms with Crippen molar-refractivity contribution in [1.29, 1.82) is 0 Å². The number of aromatic nitrogens is 1. The van der Waals surface area contributed by atoms with Gasteiger partial charge in [0.25, 0.3) is 0 Å². The Balaban J connectivity index is 0.00000289. The molecule has 31 heavy (non-hydrogen) atoms. The van der Waals surface area contributed by atoms with E-state index in [0.717, 1.165) is 16.8 Å². The number of carbonyl (C=O) groups excluding carboxylic acids is 3. The Morgan fingerprint density at radius 3 is 2.74 bits per heavy atom. The topological polar surface area (TPSA) is 86.6 Å². The largest absolute Gasteiger partial charge is 0.461 e. The molecule has 4 rings (SSSR count). The molecule has 166 valence electrons. The van der Waals surface area contributed by atoms with Crippen LogP contribution in [0.1, 0.15) is 53.9 Å². The zero-order chi connectivity index (χ0) is 22.1. The molecular formula is C23H27ClN2O5. The number of ether oxygens (including phenoxy) is 2. The summed E-state index contributed by atoms with van der Waals surface area (Å²) in [5, 5.41) is 3.05. The molecule has 3 unspecified atom stereocenters. The minimum atomic E-state index is -0.658. The van der Waals surface area contributed by atoms with Crippen LogP contribution in [0.3, 0.4) is 0 Å². The number of halogens is 1. The molecule has 0 saturated carbocycles. The van der Waals surface area contributed by atoms with Gasteiger partial charge in [-0.2, -0.15) is 0 Å². The first-order valence-electron chi connectivity index (χ1n) is 10.4. The van der Waals surface area contributed by atoms with E-state index >= 15 is 0 Å². The first-order chi connectivity index (χ1) is 15.0. The van der Waals surface area contributed by atoms with Gasteiger partial charge in [0.1, 0.15) is 5.69 Å². The minimum Gasteiger partial charge on any atom is -0.461 e. The first kappa shape index (κ1) is 21.6. The molecule has 3 atom stereocenters. The molecule has 1 N–H and O–H groups in total. The van der Waals surface area contributed by atoms with E-state index < -0.39 is 17.8 Å². The second-order valence-corrected chi connectivity index (χ2v) is 8.25. The van der Waals surface area contributed by atoms with Gasteiger partial charge in [-0.25, -0.2) is 4.79 Å². The highest BCUT2D eigenvalue weighted by Gasteiger charge is 2.52. The maximum absolute atomic E-state index is 12.8. The number of imide groups is 1. The lowest BCUT2D eigenvalue weighted by atomic mass is 9.69. The summed E-state index contributed by atoms with van der Waals surface area (Å²) in [5.74, 6) is -2.57. The molecule has 2 heterocycles. The third-order valence-electron chi connectivity index (χ3n) is 6.13. The average molecular weight is 447 g/mol. The van der Waals surface area contributed by atoms with Gasteiger partial charge in [0, 0.05) is 38.3 Å². The van der Waals surface area contributed by atoms with Gasteiger partial charge in [-0.15, -0.1) is 0 Å². The number of esters is 1. The molecule has 1 aliphatic carbocycles. The Morgan fingerprint density at radius 1 is 1.26 bits per heavy atom. The molecule has 0 bridgehead atoms. The normalized spacial score (nSPS) is 22.1. The van der Waals surface area contributed by atoms with E-state index in [0.29, 0.717) is 36.7 Å². The number of nitrogens with one attached hydrogen (secondary N) is 1. The van der Waals surface area contributed by atoms with Crippen LogP contribution in [0.15, 0.2) is 30.3 Å². The van der Waals surface area contributed by atoms with Crippen molar-refractivity contribution in [2.75, 3.05) is 20.3 Å². The van der Waals surface area contributed by atoms with Crippen LogP contribution in [0.5, 0.6) is 0 Å². The summed E-state index contributed by atoms with van der Waals surface area (Å²) >= 11 is 6.48. The van der Waals surface area contributed by atoms with Crippen molar-refractivity contribution >= 4 is 29.4 Å². The highest BCUT2D eigenvalue weighted by atomic mass is 35.5. The van der Waals surface area contributed by atoms with Crippen molar-refractivity contribution < 1.29 is 25.3 Å². The monoisotopic (exact) mass is 446 g/mol. The van der Waals surface area contributed by atoms with Crippen LogP contribution < -0.4 is 5.32 Å². The molecule has 7 nitrogen and oxygen atoms in total. The lowest BCUT2D eigenvalue weighted by molar-refractivity contribution is -0.126. The highest BCUT2D eigenvalue weighted by Crippen LogP contribution is 2.49. The third kappa shape index (κ3) is 3.77. The molecule has 1 fully saturated rings. The smallest absolute Gasteiger partial charge is 0.354 e. The van der Waals surface area contributed by atoms with E-state index in [4.69, 9.17) is 21.1 Å². The van der Waals surface area contributed by atoms with E-state index in [1.807, 2.05) is 22.8 Å². The molecule has 0 radical (unpaired) electrons. The molecule has 8 heteroatoms. The molecule has 2 aromatic rings. The van der Waals surface area contributed by atoms with Gasteiger partial charge in [-0.05, 0) is 43.0 Å². The fraction of sp³-hybridized carbons (Fsp3) is 0.435. The van der Waals surface area contributed by atoms with Gasteiger partial charge in [0.2, 0.25) is 11.8 Å². The summed E-state index contributed by atoms with van der Waals surface area (Å²) in [6, 6.07) is 9.12. The zero-order valence-electron chi connectivity index (χ0n) is 17.5. The lowest BCUT2D eigenvalue weighted by Crippen LogP contribution is -2.32. The van der Waals surface area contributed by atoms with Gasteiger partial charge in [0.05, 0.1) is 18.4 Å². The summed E-state index contributed by atoms with van der Waals surface area (Å²) in [7, 11) is 1.63. The van der Waals surface area contributed by atoms with E-state index in [1.165, 1.54) is 0 Å². The summed E-state index contributed by atoms with van der Waals surface area (Å²) in [5.41, 5.74) is 2.82. The van der Waals surface area contributed by atoms with Crippen molar-refractivity contribution in [3.05, 3.63) is 57.9 Å². The lowest BCUT2D eigenvalue weighted by Gasteiger charge is -2.32. The second kappa shape index (κ2) is 8.85. The maximum Gasteiger partial charge on any atom is 0.354 e. The van der Waals surface area contributed by atoms with Crippen LogP contribution in [0.2, 0.25) is 5.02 Å². The van der Waals surface area contributed by atoms with Crippen molar-refractivity contribution in [1.82, 2.24) is 9.88 Å². The van der Waals surface area contributed by atoms with Gasteiger partial charge < -0.3 is 14.0 Å². The summed E-state index contributed by atoms with van der Waals surface area (Å²) in [6.07, 6.45) is 1.19. The molecule has 0 spiro atoms. The number of benzene rings is 1. The predicted molar refractivity (Wildman–Crippen MR) is 116 cm³/mol. The van der Waals surface area contributed by atoms with Crippen molar-refractivity contribution in [3.8, 4) is 0 Å². The second-order valence-electron chi connectivity index (χ2n) is 7.84. The van der Waals surface area contributed by atoms with Crippen LogP contribution in [0, 0.1) is 5.92 Å². The Kier molecular flexibility index (Phi) is 6.16. The quantitative estimate of drug-likeness (QED) is 0.400.